The molecule has 27 heavy (non-hydrogen) atoms. The molecule has 0 spiro atoms. The van der Waals surface area contributed by atoms with E-state index in [1.165, 1.54) is 29.1 Å². The predicted molar refractivity (Wildman–Crippen MR) is 96.2 cm³/mol. The highest BCUT2D eigenvalue weighted by molar-refractivity contribution is 7.92. The Bertz CT molecular complexity index is 1040. The van der Waals surface area contributed by atoms with Gasteiger partial charge in [0.25, 0.3) is 10.0 Å². The minimum atomic E-state index is -4.52. The summed E-state index contributed by atoms with van der Waals surface area (Å²) in [5, 5.41) is 3.91. The Kier molecular flexibility index (Phi) is 5.35. The first-order chi connectivity index (χ1) is 12.8. The molecular formula is C16H13F3N4O2S2. The zero-order valence-corrected chi connectivity index (χ0v) is 15.1. The monoisotopic (exact) mass is 414 g/mol. The Morgan fingerprint density at radius 1 is 1.07 bits per heavy atom. The number of hydrogen-bond donors (Lipinski definition) is 3. The van der Waals surface area contributed by atoms with Crippen molar-refractivity contribution < 1.29 is 21.6 Å². The summed E-state index contributed by atoms with van der Waals surface area (Å²) in [6.45, 7) is 0. The molecular weight excluding hydrogens is 401 g/mol. The summed E-state index contributed by atoms with van der Waals surface area (Å²) in [5.74, 6) is -3.31. The van der Waals surface area contributed by atoms with Gasteiger partial charge in [-0.1, -0.05) is 18.2 Å². The van der Waals surface area contributed by atoms with Crippen LogP contribution in [0.25, 0.3) is 0 Å². The van der Waals surface area contributed by atoms with Crippen LogP contribution in [0.2, 0.25) is 0 Å². The molecule has 1 aromatic heterocycles. The van der Waals surface area contributed by atoms with Gasteiger partial charge in [0.05, 0.1) is 5.51 Å². The van der Waals surface area contributed by atoms with Crippen LogP contribution in [0.15, 0.2) is 52.2 Å². The third-order valence-corrected chi connectivity index (χ3v) is 5.49. The molecule has 6 nitrogen and oxygen atoms in total. The number of rotatable bonds is 6. The number of anilines is 2. The Morgan fingerprint density at radius 3 is 2.33 bits per heavy atom. The minimum Gasteiger partial charge on any atom is -0.366 e. The van der Waals surface area contributed by atoms with Crippen molar-refractivity contribution in [2.75, 3.05) is 10.0 Å². The summed E-state index contributed by atoms with van der Waals surface area (Å²) >= 11 is 1.11. The van der Waals surface area contributed by atoms with Crippen molar-refractivity contribution in [1.29, 1.82) is 0 Å². The van der Waals surface area contributed by atoms with Gasteiger partial charge in [-0.2, -0.15) is 0 Å². The van der Waals surface area contributed by atoms with Crippen LogP contribution in [-0.2, 0) is 10.0 Å². The molecule has 142 valence electrons. The van der Waals surface area contributed by atoms with Crippen molar-refractivity contribution in [2.45, 2.75) is 11.1 Å². The summed E-state index contributed by atoms with van der Waals surface area (Å²) in [6.07, 6.45) is -1.10. The Balaban J connectivity index is 1.88. The molecule has 11 heteroatoms. The quantitative estimate of drug-likeness (QED) is 0.537. The number of thiazole rings is 1. The molecule has 0 unspecified atom stereocenters. The van der Waals surface area contributed by atoms with Gasteiger partial charge in [0, 0.05) is 16.6 Å². The Labute approximate surface area is 156 Å². The van der Waals surface area contributed by atoms with Gasteiger partial charge < -0.3 is 11.1 Å². The number of nitrogens with one attached hydrogen (secondary N) is 2. The van der Waals surface area contributed by atoms with Crippen LogP contribution in [0, 0.1) is 17.5 Å². The van der Waals surface area contributed by atoms with E-state index < -0.39 is 38.5 Å². The van der Waals surface area contributed by atoms with Crippen LogP contribution in [-0.4, -0.2) is 13.4 Å². The maximum Gasteiger partial charge on any atom is 0.268 e. The molecule has 0 fully saturated rings. The zero-order chi connectivity index (χ0) is 19.6. The molecule has 1 atom stereocenters. The van der Waals surface area contributed by atoms with Crippen LogP contribution in [0.5, 0.6) is 0 Å². The Morgan fingerprint density at radius 2 is 1.74 bits per heavy atom. The van der Waals surface area contributed by atoms with Crippen LogP contribution >= 0.6 is 11.3 Å². The molecule has 0 aliphatic carbocycles. The Hall–Kier alpha value is -2.63. The second-order valence-electron chi connectivity index (χ2n) is 5.39. The van der Waals surface area contributed by atoms with E-state index in [-0.39, 0.29) is 17.1 Å². The van der Waals surface area contributed by atoms with E-state index in [0.29, 0.717) is 0 Å². The van der Waals surface area contributed by atoms with Crippen molar-refractivity contribution in [1.82, 2.24) is 4.98 Å². The molecule has 0 aliphatic rings. The van der Waals surface area contributed by atoms with Crippen molar-refractivity contribution in [3.63, 3.8) is 0 Å². The van der Waals surface area contributed by atoms with Gasteiger partial charge in [0.2, 0.25) is 0 Å². The van der Waals surface area contributed by atoms with Crippen molar-refractivity contribution in [3.05, 3.63) is 70.3 Å². The highest BCUT2D eigenvalue weighted by atomic mass is 32.2. The van der Waals surface area contributed by atoms with E-state index in [4.69, 9.17) is 5.73 Å². The van der Waals surface area contributed by atoms with E-state index in [1.807, 2.05) is 4.72 Å². The number of aromatic nitrogens is 1. The standard InChI is InChI=1S/C16H13F3N4O2S2/c17-11-4-2-1-3-10(11)16(20)22-9-5-12(18)15(13(19)6-9)27(24,25)23-14-7-26-8-21-14/h1-8,16,22-23H,20H2/t16-/m1/s1. The lowest BCUT2D eigenvalue weighted by Gasteiger charge is -2.17. The van der Waals surface area contributed by atoms with E-state index in [2.05, 4.69) is 10.3 Å². The third-order valence-electron chi connectivity index (χ3n) is 3.50. The van der Waals surface area contributed by atoms with E-state index in [0.717, 1.165) is 23.5 Å². The maximum absolute atomic E-state index is 14.3. The summed E-state index contributed by atoms with van der Waals surface area (Å²) in [4.78, 5) is 2.55. The van der Waals surface area contributed by atoms with Gasteiger partial charge >= 0.3 is 0 Å². The normalized spacial score (nSPS) is 12.6. The van der Waals surface area contributed by atoms with Crippen LogP contribution in [0.3, 0.4) is 0 Å². The van der Waals surface area contributed by atoms with Gasteiger partial charge in [0.15, 0.2) is 10.7 Å². The zero-order valence-electron chi connectivity index (χ0n) is 13.5. The SMILES string of the molecule is N[C@H](Nc1cc(F)c(S(=O)(=O)Nc2cscn2)c(F)c1)c1ccccc1F. The number of halogens is 3. The van der Waals surface area contributed by atoms with Crippen molar-refractivity contribution in [2.24, 2.45) is 5.73 Å². The molecule has 0 saturated heterocycles. The average molecular weight is 414 g/mol. The third kappa shape index (κ3) is 4.21. The van der Waals surface area contributed by atoms with Gasteiger partial charge in [-0.3, -0.25) is 4.72 Å². The van der Waals surface area contributed by atoms with Crippen molar-refractivity contribution in [3.8, 4) is 0 Å². The second-order valence-corrected chi connectivity index (χ2v) is 7.73. The van der Waals surface area contributed by atoms with Gasteiger partial charge in [-0.05, 0) is 18.2 Å². The molecule has 2 aromatic carbocycles. The molecule has 4 N–H and O–H groups in total. The average Bonchev–Trinajstić information content (AvgIpc) is 3.06. The largest absolute Gasteiger partial charge is 0.366 e. The van der Waals surface area contributed by atoms with Crippen LogP contribution in [0.4, 0.5) is 24.7 Å². The van der Waals surface area contributed by atoms with Gasteiger partial charge in [-0.15, -0.1) is 11.3 Å². The number of benzene rings is 2. The van der Waals surface area contributed by atoms with Crippen LogP contribution in [0.1, 0.15) is 11.7 Å². The fourth-order valence-electron chi connectivity index (χ4n) is 2.34. The minimum absolute atomic E-state index is 0.0532. The lowest BCUT2D eigenvalue weighted by Crippen LogP contribution is -2.22. The van der Waals surface area contributed by atoms with Gasteiger partial charge in [-0.25, -0.2) is 26.6 Å². The summed E-state index contributed by atoms with van der Waals surface area (Å²) in [7, 11) is -4.52. The summed E-state index contributed by atoms with van der Waals surface area (Å²) in [5.41, 5.74) is 7.11. The smallest absolute Gasteiger partial charge is 0.268 e. The lowest BCUT2D eigenvalue weighted by molar-refractivity contribution is 0.521. The highest BCUT2D eigenvalue weighted by Crippen LogP contribution is 2.27. The topological polar surface area (TPSA) is 97.1 Å². The molecule has 0 bridgehead atoms. The molecule has 3 rings (SSSR count). The number of hydrogen-bond acceptors (Lipinski definition) is 6. The molecule has 0 saturated carbocycles. The summed E-state index contributed by atoms with van der Waals surface area (Å²) < 4.78 is 68.8. The first-order valence-corrected chi connectivity index (χ1v) is 9.87. The first kappa shape index (κ1) is 19.1. The summed E-state index contributed by atoms with van der Waals surface area (Å²) in [6, 6.07) is 7.16. The fourth-order valence-corrected chi connectivity index (χ4v) is 4.02. The molecule has 3 aromatic rings. The van der Waals surface area contributed by atoms with Crippen molar-refractivity contribution >= 4 is 32.9 Å². The number of sulfonamides is 1. The second kappa shape index (κ2) is 7.55. The first-order valence-electron chi connectivity index (χ1n) is 7.44. The van der Waals surface area contributed by atoms with E-state index in [9.17, 15) is 21.6 Å². The highest BCUT2D eigenvalue weighted by Gasteiger charge is 2.26. The number of nitrogens with zero attached hydrogens (tertiary/aromatic N) is 1. The van der Waals surface area contributed by atoms with E-state index in [1.54, 1.807) is 6.07 Å². The van der Waals surface area contributed by atoms with Crippen LogP contribution < -0.4 is 15.8 Å². The molecule has 1 heterocycles. The predicted octanol–water partition coefficient (Wildman–Crippen LogP) is 3.43. The molecule has 0 amide bonds. The number of nitrogens with two attached hydrogens (primary N) is 1. The molecule has 0 aliphatic heterocycles. The van der Waals surface area contributed by atoms with Gasteiger partial charge in [0.1, 0.15) is 23.6 Å². The maximum atomic E-state index is 14.3. The fraction of sp³-hybridized carbons (Fsp3) is 0.0625. The lowest BCUT2D eigenvalue weighted by atomic mass is 10.1. The van der Waals surface area contributed by atoms with E-state index >= 15 is 0 Å². The molecule has 0 radical (unpaired) electrons.